The van der Waals surface area contributed by atoms with Crippen LogP contribution in [0, 0.1) is 5.92 Å². The molecule has 4 heteroatoms. The number of amides is 1. The quantitative estimate of drug-likeness (QED) is 0.692. The normalized spacial score (nSPS) is 21.1. The highest BCUT2D eigenvalue weighted by molar-refractivity contribution is 5.78. The van der Waals surface area contributed by atoms with Gasteiger partial charge in [0.15, 0.2) is 0 Å². The van der Waals surface area contributed by atoms with Crippen molar-refractivity contribution in [1.29, 1.82) is 0 Å². The third-order valence-electron chi connectivity index (χ3n) is 3.29. The van der Waals surface area contributed by atoms with E-state index >= 15 is 0 Å². The van der Waals surface area contributed by atoms with Gasteiger partial charge >= 0.3 is 0 Å². The van der Waals surface area contributed by atoms with E-state index in [1.807, 2.05) is 0 Å². The smallest absolute Gasteiger partial charge is 0.224 e. The highest BCUT2D eigenvalue weighted by Gasteiger charge is 2.20. The van der Waals surface area contributed by atoms with Gasteiger partial charge < -0.3 is 15.5 Å². The van der Waals surface area contributed by atoms with Gasteiger partial charge in [-0.2, -0.15) is 0 Å². The fraction of sp³-hybridized carbons (Fsp3) is 0.917. The molecule has 0 saturated carbocycles. The van der Waals surface area contributed by atoms with Crippen LogP contribution in [0.1, 0.15) is 26.7 Å². The van der Waals surface area contributed by atoms with Gasteiger partial charge in [0.25, 0.3) is 0 Å². The molecule has 0 radical (unpaired) electrons. The van der Waals surface area contributed by atoms with Gasteiger partial charge in [-0.3, -0.25) is 4.79 Å². The second kappa shape index (κ2) is 7.63. The molecule has 1 saturated heterocycles. The highest BCUT2D eigenvalue weighted by Crippen LogP contribution is 2.09. The Kier molecular flexibility index (Phi) is 6.42. The summed E-state index contributed by atoms with van der Waals surface area (Å²) in [6, 6.07) is 0. The summed E-state index contributed by atoms with van der Waals surface area (Å²) < 4.78 is 0. The molecule has 0 aliphatic carbocycles. The van der Waals surface area contributed by atoms with Crippen LogP contribution in [0.4, 0.5) is 0 Å². The first-order valence-corrected chi connectivity index (χ1v) is 6.48. The zero-order valence-corrected chi connectivity index (χ0v) is 10.6. The van der Waals surface area contributed by atoms with Crippen molar-refractivity contribution in [1.82, 2.24) is 15.5 Å². The van der Waals surface area contributed by atoms with Crippen molar-refractivity contribution in [2.75, 3.05) is 39.3 Å². The monoisotopic (exact) mass is 227 g/mol. The molecule has 1 fully saturated rings. The maximum absolute atomic E-state index is 11.8. The van der Waals surface area contributed by atoms with Gasteiger partial charge in [-0.05, 0) is 32.5 Å². The second-order valence-corrected chi connectivity index (χ2v) is 4.36. The Balaban J connectivity index is 2.13. The summed E-state index contributed by atoms with van der Waals surface area (Å²) in [7, 11) is 0. The van der Waals surface area contributed by atoms with E-state index in [1.165, 1.54) is 0 Å². The molecule has 1 atom stereocenters. The van der Waals surface area contributed by atoms with E-state index in [2.05, 4.69) is 29.4 Å². The van der Waals surface area contributed by atoms with Crippen molar-refractivity contribution in [2.24, 2.45) is 5.92 Å². The van der Waals surface area contributed by atoms with E-state index < -0.39 is 0 Å². The molecule has 94 valence electrons. The van der Waals surface area contributed by atoms with Crippen molar-refractivity contribution < 1.29 is 4.79 Å². The van der Waals surface area contributed by atoms with Crippen LogP contribution in [0.3, 0.4) is 0 Å². The number of piperidine rings is 1. The maximum Gasteiger partial charge on any atom is 0.224 e. The summed E-state index contributed by atoms with van der Waals surface area (Å²) in [4.78, 5) is 14.1. The molecule has 0 aromatic heterocycles. The van der Waals surface area contributed by atoms with E-state index in [0.717, 1.165) is 52.1 Å². The summed E-state index contributed by atoms with van der Waals surface area (Å²) >= 11 is 0. The van der Waals surface area contributed by atoms with E-state index in [-0.39, 0.29) is 11.8 Å². The summed E-state index contributed by atoms with van der Waals surface area (Å²) in [5.74, 6) is 0.407. The Morgan fingerprint density at radius 2 is 2.19 bits per heavy atom. The van der Waals surface area contributed by atoms with Crippen molar-refractivity contribution in [3.63, 3.8) is 0 Å². The summed E-state index contributed by atoms with van der Waals surface area (Å²) in [6.07, 6.45) is 2.15. The van der Waals surface area contributed by atoms with E-state index in [4.69, 9.17) is 0 Å². The van der Waals surface area contributed by atoms with Crippen molar-refractivity contribution >= 4 is 5.91 Å². The average Bonchev–Trinajstić information content (AvgIpc) is 2.35. The molecule has 4 nitrogen and oxygen atoms in total. The van der Waals surface area contributed by atoms with Crippen LogP contribution in [0.15, 0.2) is 0 Å². The van der Waals surface area contributed by atoms with Crippen molar-refractivity contribution in [3.05, 3.63) is 0 Å². The van der Waals surface area contributed by atoms with Crippen LogP contribution in [-0.2, 0) is 4.79 Å². The van der Waals surface area contributed by atoms with Crippen LogP contribution in [0.5, 0.6) is 0 Å². The molecule has 0 spiro atoms. The van der Waals surface area contributed by atoms with Crippen LogP contribution < -0.4 is 10.6 Å². The Bertz CT molecular complexity index is 198. The number of nitrogens with zero attached hydrogens (tertiary/aromatic N) is 1. The lowest BCUT2D eigenvalue weighted by Crippen LogP contribution is -2.43. The lowest BCUT2D eigenvalue weighted by molar-refractivity contribution is -0.125. The molecule has 2 N–H and O–H groups in total. The standard InChI is InChI=1S/C12H25N3O/c1-3-15(4-2)9-8-14-12(16)11-6-5-7-13-10-11/h11,13H,3-10H2,1-2H3,(H,14,16)/t11-/m1/s1. The zero-order valence-electron chi connectivity index (χ0n) is 10.6. The number of hydrogen-bond donors (Lipinski definition) is 2. The van der Waals surface area contributed by atoms with Crippen LogP contribution in [0.2, 0.25) is 0 Å². The first kappa shape index (κ1) is 13.5. The largest absolute Gasteiger partial charge is 0.355 e. The number of hydrogen-bond acceptors (Lipinski definition) is 3. The molecular formula is C12H25N3O. The number of likely N-dealkylation sites (N-methyl/N-ethyl adjacent to an activating group) is 1. The molecule has 1 rings (SSSR count). The molecule has 1 heterocycles. The predicted octanol–water partition coefficient (Wildman–Crippen LogP) is 0.444. The molecule has 0 aromatic carbocycles. The SMILES string of the molecule is CCN(CC)CCNC(=O)[C@@H]1CCCNC1. The van der Waals surface area contributed by atoms with E-state index in [9.17, 15) is 4.79 Å². The zero-order chi connectivity index (χ0) is 11.8. The van der Waals surface area contributed by atoms with Crippen LogP contribution >= 0.6 is 0 Å². The first-order valence-electron chi connectivity index (χ1n) is 6.48. The summed E-state index contributed by atoms with van der Waals surface area (Å²) in [5.41, 5.74) is 0. The fourth-order valence-corrected chi connectivity index (χ4v) is 2.10. The molecule has 1 aliphatic rings. The molecular weight excluding hydrogens is 202 g/mol. The first-order chi connectivity index (χ1) is 7.77. The molecule has 0 unspecified atom stereocenters. The molecule has 0 aromatic rings. The molecule has 16 heavy (non-hydrogen) atoms. The third kappa shape index (κ3) is 4.49. The van der Waals surface area contributed by atoms with Gasteiger partial charge in [0.2, 0.25) is 5.91 Å². The van der Waals surface area contributed by atoms with E-state index in [0.29, 0.717) is 0 Å². The van der Waals surface area contributed by atoms with Gasteiger partial charge in [-0.15, -0.1) is 0 Å². The maximum atomic E-state index is 11.8. The van der Waals surface area contributed by atoms with Gasteiger partial charge in [0.1, 0.15) is 0 Å². The van der Waals surface area contributed by atoms with E-state index in [1.54, 1.807) is 0 Å². The summed E-state index contributed by atoms with van der Waals surface area (Å²) in [6.45, 7) is 10.0. The minimum Gasteiger partial charge on any atom is -0.355 e. The Labute approximate surface area is 98.8 Å². The molecule has 1 amide bonds. The average molecular weight is 227 g/mol. The van der Waals surface area contributed by atoms with Crippen LogP contribution in [-0.4, -0.2) is 50.1 Å². The van der Waals surface area contributed by atoms with Gasteiger partial charge in [-0.25, -0.2) is 0 Å². The topological polar surface area (TPSA) is 44.4 Å². The molecule has 0 bridgehead atoms. The van der Waals surface area contributed by atoms with Gasteiger partial charge in [0, 0.05) is 19.6 Å². The Morgan fingerprint density at radius 3 is 2.75 bits per heavy atom. The Morgan fingerprint density at radius 1 is 1.44 bits per heavy atom. The fourth-order valence-electron chi connectivity index (χ4n) is 2.10. The lowest BCUT2D eigenvalue weighted by Gasteiger charge is -2.23. The van der Waals surface area contributed by atoms with Gasteiger partial charge in [0.05, 0.1) is 5.92 Å². The predicted molar refractivity (Wildman–Crippen MR) is 66.4 cm³/mol. The number of carbonyl (C=O) groups excluding carboxylic acids is 1. The second-order valence-electron chi connectivity index (χ2n) is 4.36. The number of nitrogens with one attached hydrogen (secondary N) is 2. The lowest BCUT2D eigenvalue weighted by atomic mass is 9.99. The van der Waals surface area contributed by atoms with Crippen molar-refractivity contribution in [2.45, 2.75) is 26.7 Å². The highest BCUT2D eigenvalue weighted by atomic mass is 16.1. The minimum absolute atomic E-state index is 0.186. The summed E-state index contributed by atoms with van der Waals surface area (Å²) in [5, 5.41) is 6.30. The van der Waals surface area contributed by atoms with Crippen LogP contribution in [0.25, 0.3) is 0 Å². The number of rotatable bonds is 6. The van der Waals surface area contributed by atoms with Gasteiger partial charge in [-0.1, -0.05) is 13.8 Å². The third-order valence-corrected chi connectivity index (χ3v) is 3.29. The van der Waals surface area contributed by atoms with Crippen molar-refractivity contribution in [3.8, 4) is 0 Å². The number of carbonyl (C=O) groups is 1. The minimum atomic E-state index is 0.186. The molecule has 1 aliphatic heterocycles. The Hall–Kier alpha value is -0.610.